The molecular weight excluding hydrogens is 514 g/mol. The molecule has 0 unspecified atom stereocenters. The lowest BCUT2D eigenvalue weighted by Gasteiger charge is -2.34. The van der Waals surface area contributed by atoms with E-state index in [0.29, 0.717) is 65.4 Å². The highest BCUT2D eigenvalue weighted by Gasteiger charge is 2.24. The summed E-state index contributed by atoms with van der Waals surface area (Å²) < 4.78 is 0. The second kappa shape index (κ2) is 18.9. The lowest BCUT2D eigenvalue weighted by Crippen LogP contribution is -2.52. The number of carbonyl (C=O) groups excluding carboxylic acids is 4. The van der Waals surface area contributed by atoms with Crippen LogP contribution in [0.5, 0.6) is 0 Å². The molecule has 16 nitrogen and oxygen atoms in total. The van der Waals surface area contributed by atoms with Crippen LogP contribution in [0.3, 0.4) is 0 Å². The molecule has 222 valence electrons. The van der Waals surface area contributed by atoms with Crippen molar-refractivity contribution >= 4 is 30.1 Å². The number of carboxylic acid groups (broad SMARTS) is 1. The number of piperidine rings is 1. The van der Waals surface area contributed by atoms with Gasteiger partial charge < -0.3 is 31.6 Å². The summed E-state index contributed by atoms with van der Waals surface area (Å²) in [5.41, 5.74) is 10.8. The number of primary amides is 2. The fourth-order valence-corrected chi connectivity index (χ4v) is 4.49. The Bertz CT molecular complexity index is 809. The number of rotatable bonds is 9. The van der Waals surface area contributed by atoms with Crippen molar-refractivity contribution in [3.63, 3.8) is 0 Å². The number of likely N-dealkylation sites (tertiary alicyclic amines) is 1. The van der Waals surface area contributed by atoms with E-state index in [1.54, 1.807) is 4.90 Å². The molecule has 0 aliphatic carbocycles. The van der Waals surface area contributed by atoms with Gasteiger partial charge in [0.25, 0.3) is 0 Å². The first-order valence-electron chi connectivity index (χ1n) is 13.0. The largest absolute Gasteiger partial charge is 0.480 e. The number of carbonyl (C=O) groups is 5. The molecule has 16 heteroatoms. The minimum Gasteiger partial charge on any atom is -0.480 e. The van der Waals surface area contributed by atoms with Crippen LogP contribution >= 0.6 is 0 Å². The second-order valence-electron chi connectivity index (χ2n) is 9.51. The van der Waals surface area contributed by atoms with Crippen LogP contribution < -0.4 is 16.8 Å². The smallest absolute Gasteiger partial charge is 0.317 e. The van der Waals surface area contributed by atoms with Crippen molar-refractivity contribution in [2.45, 2.75) is 18.9 Å². The molecule has 39 heavy (non-hydrogen) atoms. The summed E-state index contributed by atoms with van der Waals surface area (Å²) in [6.45, 7) is 4.90. The first kappa shape index (κ1) is 33.8. The quantitative estimate of drug-likeness (QED) is 0.166. The van der Waals surface area contributed by atoms with Crippen LogP contribution in [0.1, 0.15) is 12.8 Å². The monoisotopic (exact) mass is 557 g/mol. The average molecular weight is 558 g/mol. The third-order valence-electron chi connectivity index (χ3n) is 6.54. The van der Waals surface area contributed by atoms with Crippen LogP contribution in [0, 0.1) is 4.91 Å². The maximum atomic E-state index is 12.8. The van der Waals surface area contributed by atoms with Crippen molar-refractivity contribution in [2.24, 2.45) is 16.6 Å². The predicted molar refractivity (Wildman–Crippen MR) is 143 cm³/mol. The number of amides is 4. The van der Waals surface area contributed by atoms with E-state index in [0.717, 1.165) is 19.1 Å². The molecule has 0 atom stereocenters. The number of hydrogen-bond donors (Lipinski definition) is 4. The molecule has 0 aromatic heterocycles. The highest BCUT2D eigenvalue weighted by Crippen LogP contribution is 2.10. The van der Waals surface area contributed by atoms with Gasteiger partial charge in [-0.1, -0.05) is 5.18 Å². The normalized spacial score (nSPS) is 19.5. The van der Waals surface area contributed by atoms with Gasteiger partial charge in [0.15, 0.2) is 0 Å². The molecule has 4 amide bonds. The second-order valence-corrected chi connectivity index (χ2v) is 9.51. The zero-order valence-electron chi connectivity index (χ0n) is 22.7. The van der Waals surface area contributed by atoms with Gasteiger partial charge in [-0.05, 0) is 12.8 Å². The van der Waals surface area contributed by atoms with Crippen molar-refractivity contribution in [3.05, 3.63) is 4.91 Å². The summed E-state index contributed by atoms with van der Waals surface area (Å²) in [4.78, 5) is 75.8. The fraction of sp³-hybridized carbons (Fsp3) is 0.783. The Morgan fingerprint density at radius 3 is 1.77 bits per heavy atom. The molecule has 6 N–H and O–H groups in total. The number of urea groups is 1. The van der Waals surface area contributed by atoms with E-state index in [1.807, 2.05) is 14.7 Å². The maximum absolute atomic E-state index is 12.8. The standard InChI is InChI=1S/C22H40N8O6.CH3NO/c23-19(32)15-27-3-1-18(2-4-27)25-20(33)16-28-7-8-29(17-21(34)35)6-5-26(13-14-31)9-11-30(12-10-28)22(24)36;1-2-3/h14,18H,1-13,15-17H2,(H2,23,32)(H2,24,36)(H,25,33)(H,34,35);1H3. The first-order valence-corrected chi connectivity index (χ1v) is 13.0. The summed E-state index contributed by atoms with van der Waals surface area (Å²) in [5.74, 6) is -1.47. The Morgan fingerprint density at radius 1 is 0.821 bits per heavy atom. The third kappa shape index (κ3) is 15.1. The van der Waals surface area contributed by atoms with Crippen molar-refractivity contribution in [2.75, 3.05) is 98.7 Å². The molecule has 0 aromatic carbocycles. The van der Waals surface area contributed by atoms with E-state index in [-0.39, 0.29) is 44.0 Å². The SMILES string of the molecule is CN=O.NC(=O)CN1CCC(NC(=O)CN2CCN(CC(=O)O)CCN(CC=O)CCN(C(N)=O)CC2)CC1. The molecule has 2 aliphatic heterocycles. The molecule has 2 fully saturated rings. The number of hydrogen-bond acceptors (Lipinski definition) is 11. The molecule has 2 saturated heterocycles. The van der Waals surface area contributed by atoms with Crippen molar-refractivity contribution in [3.8, 4) is 0 Å². The van der Waals surface area contributed by atoms with Gasteiger partial charge in [-0.25, -0.2) is 4.79 Å². The van der Waals surface area contributed by atoms with Crippen LogP contribution in [-0.4, -0.2) is 164 Å². The zero-order valence-corrected chi connectivity index (χ0v) is 22.7. The highest BCUT2D eigenvalue weighted by atomic mass is 16.4. The zero-order chi connectivity index (χ0) is 29.2. The van der Waals surface area contributed by atoms with E-state index < -0.39 is 12.0 Å². The van der Waals surface area contributed by atoms with Crippen molar-refractivity contribution in [1.82, 2.24) is 29.8 Å². The lowest BCUT2D eigenvalue weighted by molar-refractivity contribution is -0.138. The third-order valence-corrected chi connectivity index (χ3v) is 6.54. The number of nitroso groups, excluding NO2 is 1. The Labute approximate surface area is 228 Å². The van der Waals surface area contributed by atoms with E-state index in [1.165, 1.54) is 11.9 Å². The highest BCUT2D eigenvalue weighted by molar-refractivity contribution is 5.78. The summed E-state index contributed by atoms with van der Waals surface area (Å²) >= 11 is 0. The van der Waals surface area contributed by atoms with Gasteiger partial charge in [-0.15, -0.1) is 0 Å². The van der Waals surface area contributed by atoms with Gasteiger partial charge in [-0.2, -0.15) is 4.91 Å². The first-order chi connectivity index (χ1) is 18.6. The summed E-state index contributed by atoms with van der Waals surface area (Å²) in [6.07, 6.45) is 2.22. The number of aliphatic carboxylic acids is 1. The molecule has 2 heterocycles. The summed E-state index contributed by atoms with van der Waals surface area (Å²) in [5, 5.41) is 14.6. The van der Waals surface area contributed by atoms with E-state index in [9.17, 15) is 29.1 Å². The van der Waals surface area contributed by atoms with E-state index in [4.69, 9.17) is 16.4 Å². The van der Waals surface area contributed by atoms with Crippen LogP contribution in [-0.2, 0) is 19.2 Å². The Hall–Kier alpha value is -3.21. The minimum absolute atomic E-state index is 0.00324. The summed E-state index contributed by atoms with van der Waals surface area (Å²) in [7, 11) is 1.19. The van der Waals surface area contributed by atoms with Gasteiger partial charge in [0.05, 0.1) is 33.2 Å². The predicted octanol–water partition coefficient (Wildman–Crippen LogP) is -2.98. The average Bonchev–Trinajstić information content (AvgIpc) is 2.85. The van der Waals surface area contributed by atoms with E-state index >= 15 is 0 Å². The molecule has 0 aromatic rings. The van der Waals surface area contributed by atoms with Gasteiger partial charge in [-0.3, -0.25) is 34.0 Å². The molecule has 0 radical (unpaired) electrons. The number of aldehydes is 1. The van der Waals surface area contributed by atoms with Crippen molar-refractivity contribution < 1.29 is 29.1 Å². The van der Waals surface area contributed by atoms with Crippen LogP contribution in [0.15, 0.2) is 5.18 Å². The number of carboxylic acids is 1. The molecular formula is C23H43N9O7. The van der Waals surface area contributed by atoms with Gasteiger partial charge in [0.2, 0.25) is 11.8 Å². The Balaban J connectivity index is 0.00000242. The number of nitrogens with one attached hydrogen (secondary N) is 1. The van der Waals surface area contributed by atoms with Crippen LogP contribution in [0.25, 0.3) is 0 Å². The van der Waals surface area contributed by atoms with Crippen LogP contribution in [0.4, 0.5) is 4.79 Å². The number of nitrogens with zero attached hydrogens (tertiary/aromatic N) is 6. The molecule has 0 saturated carbocycles. The van der Waals surface area contributed by atoms with Crippen LogP contribution in [0.2, 0.25) is 0 Å². The maximum Gasteiger partial charge on any atom is 0.317 e. The molecule has 0 spiro atoms. The molecule has 2 rings (SSSR count). The fourth-order valence-electron chi connectivity index (χ4n) is 4.49. The molecule has 2 aliphatic rings. The van der Waals surface area contributed by atoms with Crippen molar-refractivity contribution in [1.29, 1.82) is 0 Å². The Morgan fingerprint density at radius 2 is 1.28 bits per heavy atom. The van der Waals surface area contributed by atoms with Gasteiger partial charge >= 0.3 is 12.0 Å². The number of nitrogens with two attached hydrogens (primary N) is 2. The topological polar surface area (TPSA) is 215 Å². The van der Waals surface area contributed by atoms with E-state index in [2.05, 4.69) is 10.5 Å². The summed E-state index contributed by atoms with van der Waals surface area (Å²) in [6, 6.07) is -0.568. The lowest BCUT2D eigenvalue weighted by atomic mass is 10.0. The van der Waals surface area contributed by atoms with Gasteiger partial charge in [0, 0.05) is 71.5 Å². The Kier molecular flexibility index (Phi) is 16.4. The minimum atomic E-state index is -0.948. The van der Waals surface area contributed by atoms with Gasteiger partial charge in [0.1, 0.15) is 6.29 Å². The molecule has 0 bridgehead atoms.